The van der Waals surface area contributed by atoms with Gasteiger partial charge in [0.25, 0.3) is 10.0 Å². The maximum absolute atomic E-state index is 12.3. The van der Waals surface area contributed by atoms with E-state index in [1.165, 1.54) is 11.7 Å². The average Bonchev–Trinajstić information content (AvgIpc) is 2.84. The van der Waals surface area contributed by atoms with Crippen LogP contribution in [0.25, 0.3) is 0 Å². The van der Waals surface area contributed by atoms with Crippen LogP contribution in [0.4, 0.5) is 5.82 Å². The monoisotopic (exact) mass is 362 g/mol. The Labute approximate surface area is 125 Å². The number of nitrogens with one attached hydrogen (secondary N) is 2. The van der Waals surface area contributed by atoms with Crippen LogP contribution < -0.4 is 4.72 Å². The number of rotatable bonds is 3. The predicted octanol–water partition coefficient (Wildman–Crippen LogP) is 1.40. The van der Waals surface area contributed by atoms with Gasteiger partial charge in [-0.15, -0.1) is 5.10 Å². The molecule has 0 saturated carbocycles. The van der Waals surface area contributed by atoms with Crippen molar-refractivity contribution in [2.75, 3.05) is 4.72 Å². The zero-order chi connectivity index (χ0) is 15.1. The summed E-state index contributed by atoms with van der Waals surface area (Å²) in [5, 5.41) is 14.0. The minimum Gasteiger partial charge on any atom is -0.280 e. The number of nitrogens with zero attached hydrogens (tertiary/aromatic N) is 4. The molecule has 110 valence electrons. The van der Waals surface area contributed by atoms with E-state index in [0.717, 1.165) is 5.69 Å². The normalized spacial score (nSPS) is 12.7. The Kier molecular flexibility index (Phi) is 3.63. The highest BCUT2D eigenvalue weighted by molar-refractivity contribution is 9.10. The maximum Gasteiger partial charge on any atom is 0.283 e. The van der Waals surface area contributed by atoms with E-state index in [1.807, 2.05) is 20.8 Å². The SMILES string of the molecule is Cn1nnc(Br)c1S(=O)(=O)Nc1cc(C(C)(C)C)[nH]n1. The fourth-order valence-corrected chi connectivity index (χ4v) is 3.64. The Balaban J connectivity index is 2.32. The molecule has 2 heterocycles. The van der Waals surface area contributed by atoms with Crippen LogP contribution in [0, 0.1) is 0 Å². The largest absolute Gasteiger partial charge is 0.283 e. The van der Waals surface area contributed by atoms with Crippen molar-refractivity contribution in [1.82, 2.24) is 25.2 Å². The van der Waals surface area contributed by atoms with Crippen molar-refractivity contribution in [3.05, 3.63) is 16.4 Å². The number of hydrogen-bond donors (Lipinski definition) is 2. The minimum atomic E-state index is -3.80. The van der Waals surface area contributed by atoms with E-state index < -0.39 is 10.0 Å². The van der Waals surface area contributed by atoms with Crippen LogP contribution in [0.2, 0.25) is 0 Å². The summed E-state index contributed by atoms with van der Waals surface area (Å²) in [5.41, 5.74) is 0.683. The lowest BCUT2D eigenvalue weighted by molar-refractivity contribution is 0.567. The summed E-state index contributed by atoms with van der Waals surface area (Å²) < 4.78 is 28.3. The van der Waals surface area contributed by atoms with Crippen LogP contribution in [0.1, 0.15) is 26.5 Å². The van der Waals surface area contributed by atoms with E-state index in [0.29, 0.717) is 0 Å². The van der Waals surface area contributed by atoms with Crippen molar-refractivity contribution in [2.24, 2.45) is 7.05 Å². The molecule has 0 radical (unpaired) electrons. The van der Waals surface area contributed by atoms with E-state index in [1.54, 1.807) is 6.07 Å². The summed E-state index contributed by atoms with van der Waals surface area (Å²) in [6.45, 7) is 6.00. The van der Waals surface area contributed by atoms with Gasteiger partial charge in [-0.05, 0) is 15.9 Å². The van der Waals surface area contributed by atoms with Crippen LogP contribution >= 0.6 is 15.9 Å². The van der Waals surface area contributed by atoms with Crippen LogP contribution in [-0.4, -0.2) is 33.6 Å². The molecular formula is C10H15BrN6O2S. The summed E-state index contributed by atoms with van der Waals surface area (Å²) >= 11 is 3.06. The zero-order valence-electron chi connectivity index (χ0n) is 11.5. The molecule has 0 fully saturated rings. The highest BCUT2D eigenvalue weighted by Crippen LogP contribution is 2.24. The quantitative estimate of drug-likeness (QED) is 0.858. The number of sulfonamides is 1. The molecule has 2 rings (SSSR count). The number of H-pyrrole nitrogens is 1. The second kappa shape index (κ2) is 4.85. The van der Waals surface area contributed by atoms with Crippen molar-refractivity contribution >= 4 is 31.8 Å². The standard InChI is InChI=1S/C10H15BrN6O2S/c1-10(2,3)6-5-7(13-12-6)15-20(18,19)9-8(11)14-16-17(9)4/h5H,1-4H3,(H2,12,13,15). The number of aromatic amines is 1. The second-order valence-corrected chi connectivity index (χ2v) is 7.68. The molecule has 2 aromatic heterocycles. The third kappa shape index (κ3) is 2.85. The van der Waals surface area contributed by atoms with Crippen molar-refractivity contribution in [3.63, 3.8) is 0 Å². The summed E-state index contributed by atoms with van der Waals surface area (Å²) in [7, 11) is -2.31. The maximum atomic E-state index is 12.3. The van der Waals surface area contributed by atoms with Gasteiger partial charge in [-0.2, -0.15) is 13.5 Å². The van der Waals surface area contributed by atoms with E-state index >= 15 is 0 Å². The molecule has 2 aromatic rings. The lowest BCUT2D eigenvalue weighted by atomic mass is 9.92. The molecule has 2 N–H and O–H groups in total. The molecule has 0 aliphatic rings. The first-order valence-corrected chi connectivity index (χ1v) is 8.03. The first kappa shape index (κ1) is 15.0. The molecule has 0 aromatic carbocycles. The van der Waals surface area contributed by atoms with Gasteiger partial charge in [-0.1, -0.05) is 26.0 Å². The summed E-state index contributed by atoms with van der Waals surface area (Å²) in [6.07, 6.45) is 0. The van der Waals surface area contributed by atoms with Gasteiger partial charge >= 0.3 is 0 Å². The van der Waals surface area contributed by atoms with Crippen LogP contribution in [0.3, 0.4) is 0 Å². The van der Waals surface area contributed by atoms with Crippen molar-refractivity contribution in [3.8, 4) is 0 Å². The smallest absolute Gasteiger partial charge is 0.280 e. The van der Waals surface area contributed by atoms with Crippen molar-refractivity contribution in [1.29, 1.82) is 0 Å². The molecule has 0 saturated heterocycles. The van der Waals surface area contributed by atoms with Gasteiger partial charge in [0, 0.05) is 24.2 Å². The van der Waals surface area contributed by atoms with Crippen LogP contribution in [0.15, 0.2) is 15.7 Å². The highest BCUT2D eigenvalue weighted by Gasteiger charge is 2.25. The van der Waals surface area contributed by atoms with Gasteiger partial charge < -0.3 is 0 Å². The van der Waals surface area contributed by atoms with E-state index in [-0.39, 0.29) is 20.9 Å². The number of aromatic nitrogens is 5. The van der Waals surface area contributed by atoms with E-state index in [2.05, 4.69) is 41.2 Å². The number of aryl methyl sites for hydroxylation is 1. The fraction of sp³-hybridized carbons (Fsp3) is 0.500. The summed E-state index contributed by atoms with van der Waals surface area (Å²) in [4.78, 5) is 0. The molecule has 0 amide bonds. The zero-order valence-corrected chi connectivity index (χ0v) is 13.9. The average molecular weight is 363 g/mol. The van der Waals surface area contributed by atoms with Crippen molar-refractivity contribution in [2.45, 2.75) is 31.2 Å². The van der Waals surface area contributed by atoms with Gasteiger partial charge in [0.2, 0.25) is 5.03 Å². The number of halogens is 1. The first-order chi connectivity index (χ1) is 9.11. The van der Waals surface area contributed by atoms with Gasteiger partial charge in [0.1, 0.15) is 0 Å². The fourth-order valence-electron chi connectivity index (χ4n) is 1.55. The molecule has 10 heteroatoms. The minimum absolute atomic E-state index is 0.0576. The van der Waals surface area contributed by atoms with Gasteiger partial charge in [0.15, 0.2) is 10.4 Å². The van der Waals surface area contributed by atoms with E-state index in [9.17, 15) is 8.42 Å². The third-order valence-electron chi connectivity index (χ3n) is 2.62. The Hall–Kier alpha value is -1.42. The molecule has 0 bridgehead atoms. The topological polar surface area (TPSA) is 106 Å². The first-order valence-electron chi connectivity index (χ1n) is 5.75. The molecule has 0 aliphatic heterocycles. The Morgan fingerprint density at radius 3 is 2.50 bits per heavy atom. The number of hydrogen-bond acceptors (Lipinski definition) is 5. The lowest BCUT2D eigenvalue weighted by Gasteiger charge is -2.14. The molecule has 0 spiro atoms. The van der Waals surface area contributed by atoms with Gasteiger partial charge in [-0.3, -0.25) is 9.82 Å². The third-order valence-corrected chi connectivity index (χ3v) is 4.86. The molecule has 8 nitrogen and oxygen atoms in total. The molecule has 0 aliphatic carbocycles. The molecule has 0 atom stereocenters. The van der Waals surface area contributed by atoms with Gasteiger partial charge in [0.05, 0.1) is 0 Å². The Morgan fingerprint density at radius 2 is 2.05 bits per heavy atom. The van der Waals surface area contributed by atoms with Crippen LogP contribution in [-0.2, 0) is 22.5 Å². The lowest BCUT2D eigenvalue weighted by Crippen LogP contribution is -2.17. The summed E-state index contributed by atoms with van der Waals surface area (Å²) in [5.74, 6) is 0.225. The predicted molar refractivity (Wildman–Crippen MR) is 76.8 cm³/mol. The molecule has 20 heavy (non-hydrogen) atoms. The Morgan fingerprint density at radius 1 is 1.40 bits per heavy atom. The Bertz CT molecular complexity index is 708. The molecule has 0 unspecified atom stereocenters. The highest BCUT2D eigenvalue weighted by atomic mass is 79.9. The van der Waals surface area contributed by atoms with Crippen LogP contribution in [0.5, 0.6) is 0 Å². The second-order valence-electron chi connectivity index (χ2n) is 5.33. The van der Waals surface area contributed by atoms with Crippen molar-refractivity contribution < 1.29 is 8.42 Å². The molecular weight excluding hydrogens is 348 g/mol. The number of anilines is 1. The summed E-state index contributed by atoms with van der Waals surface area (Å²) in [6, 6.07) is 1.66. The van der Waals surface area contributed by atoms with E-state index in [4.69, 9.17) is 0 Å². The van der Waals surface area contributed by atoms with Gasteiger partial charge in [-0.25, -0.2) is 4.68 Å².